The predicted octanol–water partition coefficient (Wildman–Crippen LogP) is 4.58. The minimum Gasteiger partial charge on any atom is -0.491 e. The fourth-order valence-corrected chi connectivity index (χ4v) is 5.19. The van der Waals surface area contributed by atoms with Crippen molar-refractivity contribution in [3.05, 3.63) is 22.8 Å². The first-order chi connectivity index (χ1) is 8.24. The van der Waals surface area contributed by atoms with Gasteiger partial charge in [0.1, 0.15) is 5.75 Å². The van der Waals surface area contributed by atoms with Crippen LogP contribution in [0.5, 0.6) is 5.75 Å². The van der Waals surface area contributed by atoms with Gasteiger partial charge in [-0.3, -0.25) is 0 Å². The molecular formula is C12H14I3NOS. The summed E-state index contributed by atoms with van der Waals surface area (Å²) < 4.78 is 9.37. The van der Waals surface area contributed by atoms with Crippen molar-refractivity contribution in [2.45, 2.75) is 20.3 Å². The van der Waals surface area contributed by atoms with Gasteiger partial charge in [0.15, 0.2) is 0 Å². The molecule has 0 aliphatic carbocycles. The Morgan fingerprint density at radius 2 is 1.78 bits per heavy atom. The van der Waals surface area contributed by atoms with Gasteiger partial charge in [-0.2, -0.15) is 0 Å². The number of nitrogens with two attached hydrogens (primary N) is 1. The second-order valence-electron chi connectivity index (χ2n) is 4.55. The number of thiocarbonyl (C=S) groups is 1. The molecule has 100 valence electrons. The lowest BCUT2D eigenvalue weighted by Crippen LogP contribution is -2.31. The fourth-order valence-electron chi connectivity index (χ4n) is 1.20. The number of hydrogen-bond acceptors (Lipinski definition) is 2. The Morgan fingerprint density at radius 3 is 2.22 bits per heavy atom. The minimum atomic E-state index is -0.157. The highest BCUT2D eigenvalue weighted by Gasteiger charge is 2.21. The van der Waals surface area contributed by atoms with E-state index >= 15 is 0 Å². The van der Waals surface area contributed by atoms with Gasteiger partial charge >= 0.3 is 0 Å². The van der Waals surface area contributed by atoms with Crippen molar-refractivity contribution >= 4 is 85.0 Å². The molecule has 18 heavy (non-hydrogen) atoms. The van der Waals surface area contributed by atoms with Gasteiger partial charge in [0, 0.05) is 8.99 Å². The van der Waals surface area contributed by atoms with Crippen LogP contribution in [0, 0.1) is 16.1 Å². The van der Waals surface area contributed by atoms with E-state index < -0.39 is 0 Å². The lowest BCUT2D eigenvalue weighted by Gasteiger charge is -2.23. The molecule has 0 bridgehead atoms. The lowest BCUT2D eigenvalue weighted by atomic mass is 9.90. The van der Waals surface area contributed by atoms with Crippen LogP contribution in [0.25, 0.3) is 0 Å². The molecular weight excluding hydrogens is 587 g/mol. The largest absolute Gasteiger partial charge is 0.491 e. The monoisotopic (exact) mass is 601 g/mol. The molecule has 0 saturated heterocycles. The van der Waals surface area contributed by atoms with Gasteiger partial charge in [-0.1, -0.05) is 26.1 Å². The molecule has 1 aromatic carbocycles. The summed E-state index contributed by atoms with van der Waals surface area (Å²) in [5.74, 6) is 0.954. The van der Waals surface area contributed by atoms with Gasteiger partial charge in [-0.05, 0) is 86.3 Å². The van der Waals surface area contributed by atoms with E-state index in [9.17, 15) is 0 Å². The van der Waals surface area contributed by atoms with E-state index in [4.69, 9.17) is 22.7 Å². The van der Waals surface area contributed by atoms with Crippen molar-refractivity contribution in [2.75, 3.05) is 6.61 Å². The lowest BCUT2D eigenvalue weighted by molar-refractivity contribution is 0.267. The summed E-state index contributed by atoms with van der Waals surface area (Å²) in [5, 5.41) is 0. The molecule has 0 fully saturated rings. The van der Waals surface area contributed by atoms with Gasteiger partial charge < -0.3 is 10.5 Å². The summed E-state index contributed by atoms with van der Waals surface area (Å²) in [6, 6.07) is 4.22. The summed E-state index contributed by atoms with van der Waals surface area (Å²) >= 11 is 12.0. The molecule has 0 aliphatic rings. The molecule has 0 aromatic heterocycles. The first-order valence-electron chi connectivity index (χ1n) is 5.31. The van der Waals surface area contributed by atoms with Crippen molar-refractivity contribution in [3.8, 4) is 5.75 Å². The van der Waals surface area contributed by atoms with E-state index in [1.807, 2.05) is 13.8 Å². The molecule has 1 aromatic rings. The van der Waals surface area contributed by atoms with E-state index in [-0.39, 0.29) is 5.41 Å². The Hall–Kier alpha value is 1.10. The van der Waals surface area contributed by atoms with Crippen LogP contribution in [0.4, 0.5) is 0 Å². The fraction of sp³-hybridized carbons (Fsp3) is 0.417. The Morgan fingerprint density at radius 1 is 1.28 bits per heavy atom. The minimum absolute atomic E-state index is 0.157. The quantitative estimate of drug-likeness (QED) is 0.397. The number of halogens is 3. The Kier molecular flexibility index (Phi) is 6.87. The van der Waals surface area contributed by atoms with Crippen LogP contribution in [0.2, 0.25) is 0 Å². The zero-order chi connectivity index (χ0) is 13.9. The number of rotatable bonds is 5. The third-order valence-electron chi connectivity index (χ3n) is 2.60. The van der Waals surface area contributed by atoms with E-state index in [0.717, 1.165) is 19.3 Å². The summed E-state index contributed by atoms with van der Waals surface area (Å²) in [6.45, 7) is 4.71. The molecule has 0 aliphatic heterocycles. The maximum Gasteiger partial charge on any atom is 0.145 e. The van der Waals surface area contributed by atoms with Crippen LogP contribution in [0.1, 0.15) is 20.3 Å². The van der Waals surface area contributed by atoms with Crippen LogP contribution in [0.15, 0.2) is 12.1 Å². The molecule has 0 unspecified atom stereocenters. The molecule has 0 spiro atoms. The van der Waals surface area contributed by atoms with Crippen molar-refractivity contribution < 1.29 is 4.74 Å². The molecule has 1 rings (SSSR count). The molecule has 0 heterocycles. The second-order valence-corrected chi connectivity index (χ2v) is 8.55. The van der Waals surface area contributed by atoms with Crippen LogP contribution >= 0.6 is 80.0 Å². The Labute approximate surface area is 154 Å². The molecule has 2 nitrogen and oxygen atoms in total. The summed E-state index contributed by atoms with van der Waals surface area (Å²) in [5.41, 5.74) is 5.54. The smallest absolute Gasteiger partial charge is 0.145 e. The standard InChI is InChI=1S/C12H14I3NOS/c1-12(2,11(16)18)3-4-17-10-8(14)5-7(13)6-9(10)15/h5-6H,3-4H2,1-2H3,(H2,16,18). The third-order valence-corrected chi connectivity index (χ3v) is 5.38. The van der Waals surface area contributed by atoms with E-state index in [0.29, 0.717) is 11.6 Å². The summed E-state index contributed by atoms with van der Waals surface area (Å²) in [6.07, 6.45) is 0.820. The normalized spacial score (nSPS) is 11.4. The van der Waals surface area contributed by atoms with Gasteiger partial charge in [-0.15, -0.1) is 0 Å². The molecule has 0 radical (unpaired) electrons. The Bertz CT molecular complexity index is 440. The van der Waals surface area contributed by atoms with Crippen LogP contribution in [-0.2, 0) is 0 Å². The highest BCUT2D eigenvalue weighted by atomic mass is 127. The van der Waals surface area contributed by atoms with Crippen molar-refractivity contribution in [1.82, 2.24) is 0 Å². The predicted molar refractivity (Wildman–Crippen MR) is 105 cm³/mol. The van der Waals surface area contributed by atoms with E-state index in [1.165, 1.54) is 3.57 Å². The summed E-state index contributed by atoms with van der Waals surface area (Å²) in [7, 11) is 0. The van der Waals surface area contributed by atoms with Crippen LogP contribution in [-0.4, -0.2) is 11.6 Å². The van der Waals surface area contributed by atoms with Crippen molar-refractivity contribution in [1.29, 1.82) is 0 Å². The highest BCUT2D eigenvalue weighted by Crippen LogP contribution is 2.30. The average molecular weight is 601 g/mol. The zero-order valence-electron chi connectivity index (χ0n) is 10.1. The SMILES string of the molecule is CC(C)(CCOc1c(I)cc(I)cc1I)C(N)=S. The summed E-state index contributed by atoms with van der Waals surface area (Å²) in [4.78, 5) is 0.540. The first-order valence-corrected chi connectivity index (χ1v) is 8.96. The Balaban J connectivity index is 2.68. The number of hydrogen-bond donors (Lipinski definition) is 1. The number of benzene rings is 1. The van der Waals surface area contributed by atoms with Crippen LogP contribution in [0.3, 0.4) is 0 Å². The average Bonchev–Trinajstić information content (AvgIpc) is 2.21. The maximum absolute atomic E-state index is 5.88. The van der Waals surface area contributed by atoms with E-state index in [2.05, 4.69) is 79.9 Å². The molecule has 0 saturated carbocycles. The highest BCUT2D eigenvalue weighted by molar-refractivity contribution is 14.1. The first kappa shape index (κ1) is 17.2. The van der Waals surface area contributed by atoms with Gasteiger partial charge in [0.05, 0.1) is 18.7 Å². The van der Waals surface area contributed by atoms with Crippen LogP contribution < -0.4 is 10.5 Å². The third kappa shape index (κ3) is 4.89. The second kappa shape index (κ2) is 7.21. The van der Waals surface area contributed by atoms with Gasteiger partial charge in [-0.25, -0.2) is 0 Å². The molecule has 0 atom stereocenters. The number of ether oxygens (including phenoxy) is 1. The van der Waals surface area contributed by atoms with E-state index in [1.54, 1.807) is 0 Å². The van der Waals surface area contributed by atoms with Crippen molar-refractivity contribution in [3.63, 3.8) is 0 Å². The van der Waals surface area contributed by atoms with Gasteiger partial charge in [0.25, 0.3) is 0 Å². The molecule has 6 heteroatoms. The van der Waals surface area contributed by atoms with Gasteiger partial charge in [0.2, 0.25) is 0 Å². The molecule has 2 N–H and O–H groups in total. The zero-order valence-corrected chi connectivity index (χ0v) is 17.4. The topological polar surface area (TPSA) is 35.2 Å². The van der Waals surface area contributed by atoms with Crippen molar-refractivity contribution in [2.24, 2.45) is 11.1 Å². The maximum atomic E-state index is 5.88. The molecule has 0 amide bonds.